The number of amides is 1. The highest BCUT2D eigenvalue weighted by Gasteiger charge is 2.17. The van der Waals surface area contributed by atoms with Crippen LogP contribution in [0.15, 0.2) is 30.3 Å². The zero-order valence-corrected chi connectivity index (χ0v) is 12.2. The summed E-state index contributed by atoms with van der Waals surface area (Å²) in [6, 6.07) is 9.49. The molecule has 0 bridgehead atoms. The molecule has 110 valence electrons. The van der Waals surface area contributed by atoms with E-state index in [1.54, 1.807) is 0 Å². The quantitative estimate of drug-likeness (QED) is 0.743. The molecule has 0 saturated heterocycles. The molecule has 1 N–H and O–H groups in total. The molecule has 1 unspecified atom stereocenters. The zero-order valence-electron chi connectivity index (χ0n) is 12.2. The van der Waals surface area contributed by atoms with Crippen LogP contribution < -0.4 is 5.32 Å². The van der Waals surface area contributed by atoms with Crippen LogP contribution >= 0.6 is 0 Å². The van der Waals surface area contributed by atoms with Gasteiger partial charge in [-0.2, -0.15) is 0 Å². The molecular formula is C16H23NO3. The van der Waals surface area contributed by atoms with Gasteiger partial charge < -0.3 is 10.1 Å². The lowest BCUT2D eigenvalue weighted by molar-refractivity contribution is -0.150. The van der Waals surface area contributed by atoms with Gasteiger partial charge in [-0.25, -0.2) is 0 Å². The first-order valence-corrected chi connectivity index (χ1v) is 7.18. The van der Waals surface area contributed by atoms with Gasteiger partial charge in [-0.3, -0.25) is 9.59 Å². The molecule has 0 aliphatic rings. The molecule has 0 radical (unpaired) electrons. The lowest BCUT2D eigenvalue weighted by atomic mass is 10.1. The summed E-state index contributed by atoms with van der Waals surface area (Å²) in [5, 5.41) is 2.81. The van der Waals surface area contributed by atoms with E-state index in [1.807, 2.05) is 44.2 Å². The maximum atomic E-state index is 11.7. The molecule has 0 spiro atoms. The molecule has 20 heavy (non-hydrogen) atoms. The van der Waals surface area contributed by atoms with E-state index in [9.17, 15) is 9.59 Å². The summed E-state index contributed by atoms with van der Waals surface area (Å²) in [6.07, 6.45) is 2.02. The van der Waals surface area contributed by atoms with Crippen LogP contribution in [0.3, 0.4) is 0 Å². The number of esters is 1. The van der Waals surface area contributed by atoms with Crippen molar-refractivity contribution in [2.45, 2.75) is 45.6 Å². The van der Waals surface area contributed by atoms with Crippen LogP contribution in [-0.4, -0.2) is 18.4 Å². The molecular weight excluding hydrogens is 254 g/mol. The first-order chi connectivity index (χ1) is 9.67. The molecule has 1 aromatic rings. The molecule has 0 fully saturated rings. The standard InChI is InChI=1S/C16H23NO3/c1-3-8-15(18)17-12-14(20-16(19)9-4-2)13-10-6-5-7-11-13/h5-7,10-11,14H,3-4,8-9,12H2,1-2H3,(H,17,18). The largest absolute Gasteiger partial charge is 0.456 e. The highest BCUT2D eigenvalue weighted by Crippen LogP contribution is 2.17. The number of hydrogen-bond acceptors (Lipinski definition) is 3. The maximum absolute atomic E-state index is 11.7. The number of carbonyl (C=O) groups excluding carboxylic acids is 2. The van der Waals surface area contributed by atoms with Crippen LogP contribution in [0.2, 0.25) is 0 Å². The van der Waals surface area contributed by atoms with Gasteiger partial charge in [0, 0.05) is 12.8 Å². The molecule has 1 atom stereocenters. The second kappa shape index (κ2) is 9.13. The monoisotopic (exact) mass is 277 g/mol. The highest BCUT2D eigenvalue weighted by atomic mass is 16.5. The Kier molecular flexibility index (Phi) is 7.40. The van der Waals surface area contributed by atoms with Crippen LogP contribution in [0.1, 0.15) is 51.2 Å². The average Bonchev–Trinajstić information content (AvgIpc) is 2.45. The van der Waals surface area contributed by atoms with E-state index in [0.717, 1.165) is 18.4 Å². The zero-order chi connectivity index (χ0) is 14.8. The Hall–Kier alpha value is -1.84. The van der Waals surface area contributed by atoms with Crippen LogP contribution in [0.4, 0.5) is 0 Å². The van der Waals surface area contributed by atoms with E-state index < -0.39 is 6.10 Å². The van der Waals surface area contributed by atoms with E-state index >= 15 is 0 Å². The lowest BCUT2D eigenvalue weighted by Gasteiger charge is -2.19. The Balaban J connectivity index is 2.64. The van der Waals surface area contributed by atoms with Crippen molar-refractivity contribution in [3.05, 3.63) is 35.9 Å². The fraction of sp³-hybridized carbons (Fsp3) is 0.500. The molecule has 0 aliphatic heterocycles. The Morgan fingerprint density at radius 1 is 1.10 bits per heavy atom. The van der Waals surface area contributed by atoms with E-state index in [0.29, 0.717) is 19.4 Å². The molecule has 1 rings (SSSR count). The molecule has 0 aromatic heterocycles. The van der Waals surface area contributed by atoms with E-state index in [-0.39, 0.29) is 11.9 Å². The minimum Gasteiger partial charge on any atom is -0.456 e. The Labute approximate surface area is 120 Å². The van der Waals surface area contributed by atoms with Gasteiger partial charge in [0.2, 0.25) is 5.91 Å². The Bertz CT molecular complexity index is 417. The molecule has 4 nitrogen and oxygen atoms in total. The third-order valence-corrected chi connectivity index (χ3v) is 2.86. The number of ether oxygens (including phenoxy) is 1. The molecule has 0 saturated carbocycles. The predicted molar refractivity (Wildman–Crippen MR) is 78.1 cm³/mol. The van der Waals surface area contributed by atoms with Gasteiger partial charge in [0.25, 0.3) is 0 Å². The minimum atomic E-state index is -0.420. The molecule has 1 amide bonds. The van der Waals surface area contributed by atoms with Crippen LogP contribution in [0, 0.1) is 0 Å². The summed E-state index contributed by atoms with van der Waals surface area (Å²) in [6.45, 7) is 4.20. The molecule has 1 aromatic carbocycles. The van der Waals surface area contributed by atoms with Crippen LogP contribution in [0.5, 0.6) is 0 Å². The van der Waals surface area contributed by atoms with Crippen molar-refractivity contribution in [3.8, 4) is 0 Å². The average molecular weight is 277 g/mol. The SMILES string of the molecule is CCCC(=O)NCC(OC(=O)CCC)c1ccccc1. The van der Waals surface area contributed by atoms with Gasteiger partial charge in [0.1, 0.15) is 6.10 Å². The summed E-state index contributed by atoms with van der Waals surface area (Å²) in [5.74, 6) is -0.244. The fourth-order valence-electron chi connectivity index (χ4n) is 1.84. The van der Waals surface area contributed by atoms with Crippen molar-refractivity contribution in [2.24, 2.45) is 0 Å². The first-order valence-electron chi connectivity index (χ1n) is 7.18. The van der Waals surface area contributed by atoms with Gasteiger partial charge in [-0.1, -0.05) is 44.2 Å². The van der Waals surface area contributed by atoms with Crippen molar-refractivity contribution in [2.75, 3.05) is 6.54 Å². The second-order valence-corrected chi connectivity index (χ2v) is 4.69. The van der Waals surface area contributed by atoms with Crippen molar-refractivity contribution >= 4 is 11.9 Å². The van der Waals surface area contributed by atoms with Crippen LogP contribution in [0.25, 0.3) is 0 Å². The summed E-state index contributed by atoms with van der Waals surface area (Å²) < 4.78 is 5.45. The van der Waals surface area contributed by atoms with E-state index in [1.165, 1.54) is 0 Å². The van der Waals surface area contributed by atoms with E-state index in [4.69, 9.17) is 4.74 Å². The number of hydrogen-bond donors (Lipinski definition) is 1. The van der Waals surface area contributed by atoms with E-state index in [2.05, 4.69) is 5.32 Å². The van der Waals surface area contributed by atoms with Gasteiger partial charge in [-0.05, 0) is 18.4 Å². The second-order valence-electron chi connectivity index (χ2n) is 4.69. The third kappa shape index (κ3) is 5.87. The number of rotatable bonds is 8. The van der Waals surface area contributed by atoms with Crippen LogP contribution in [-0.2, 0) is 14.3 Å². The van der Waals surface area contributed by atoms with Crippen molar-refractivity contribution in [1.29, 1.82) is 0 Å². The normalized spacial score (nSPS) is 11.7. The predicted octanol–water partition coefficient (Wildman–Crippen LogP) is 2.99. The van der Waals surface area contributed by atoms with Gasteiger partial charge >= 0.3 is 5.97 Å². The molecule has 0 aliphatic carbocycles. The van der Waals surface area contributed by atoms with Gasteiger partial charge in [-0.15, -0.1) is 0 Å². The van der Waals surface area contributed by atoms with Gasteiger partial charge in [0.15, 0.2) is 0 Å². The Morgan fingerprint density at radius 3 is 2.35 bits per heavy atom. The maximum Gasteiger partial charge on any atom is 0.306 e. The summed E-state index contributed by atoms with van der Waals surface area (Å²) in [5.41, 5.74) is 0.897. The highest BCUT2D eigenvalue weighted by molar-refractivity contribution is 5.76. The number of nitrogens with one attached hydrogen (secondary N) is 1. The molecule has 0 heterocycles. The fourth-order valence-corrected chi connectivity index (χ4v) is 1.84. The lowest BCUT2D eigenvalue weighted by Crippen LogP contribution is -2.30. The number of carbonyl (C=O) groups is 2. The topological polar surface area (TPSA) is 55.4 Å². The summed E-state index contributed by atoms with van der Waals surface area (Å²) in [7, 11) is 0. The smallest absolute Gasteiger partial charge is 0.306 e. The van der Waals surface area contributed by atoms with Crippen molar-refractivity contribution < 1.29 is 14.3 Å². The summed E-state index contributed by atoms with van der Waals surface area (Å²) in [4.78, 5) is 23.2. The third-order valence-electron chi connectivity index (χ3n) is 2.86. The van der Waals surface area contributed by atoms with Gasteiger partial charge in [0.05, 0.1) is 6.54 Å². The Morgan fingerprint density at radius 2 is 1.75 bits per heavy atom. The first kappa shape index (κ1) is 16.2. The summed E-state index contributed by atoms with van der Waals surface area (Å²) >= 11 is 0. The van der Waals surface area contributed by atoms with Crippen molar-refractivity contribution in [1.82, 2.24) is 5.32 Å². The molecule has 4 heteroatoms. The number of benzene rings is 1. The van der Waals surface area contributed by atoms with Crippen molar-refractivity contribution in [3.63, 3.8) is 0 Å². The minimum absolute atomic E-state index is 0.0139.